The van der Waals surface area contributed by atoms with Crippen molar-refractivity contribution in [3.8, 4) is 0 Å². The largest absolute Gasteiger partial charge is 0.356 e. The van der Waals surface area contributed by atoms with Crippen molar-refractivity contribution in [1.29, 1.82) is 0 Å². The molecule has 2 nitrogen and oxygen atoms in total. The normalized spacial score (nSPS) is 16.9. The minimum Gasteiger partial charge on any atom is -0.356 e. The van der Waals surface area contributed by atoms with Crippen molar-refractivity contribution in [3.63, 3.8) is 0 Å². The maximum Gasteiger partial charge on any atom is 0.103 e. The molecule has 1 heterocycles. The molecule has 0 fully saturated rings. The van der Waals surface area contributed by atoms with E-state index in [1.807, 2.05) is 0 Å². The second-order valence-corrected chi connectivity index (χ2v) is 9.03. The Kier molecular flexibility index (Phi) is 14.7. The van der Waals surface area contributed by atoms with Gasteiger partial charge in [0.15, 0.2) is 0 Å². The van der Waals surface area contributed by atoms with Gasteiger partial charge in [0.1, 0.15) is 6.17 Å². The molecule has 0 amide bonds. The highest BCUT2D eigenvalue weighted by molar-refractivity contribution is 4.98. The van der Waals surface area contributed by atoms with E-state index in [-0.39, 0.29) is 0 Å². The van der Waals surface area contributed by atoms with E-state index in [1.54, 1.807) is 0 Å². The number of rotatable bonds is 18. The molecule has 1 aliphatic heterocycles. The van der Waals surface area contributed by atoms with Gasteiger partial charge in [-0.25, -0.2) is 0 Å². The Morgan fingerprint density at radius 3 is 1.22 bits per heavy atom. The topological polar surface area (TPSA) is 6.48 Å². The fourth-order valence-corrected chi connectivity index (χ4v) is 4.40. The van der Waals surface area contributed by atoms with Gasteiger partial charge < -0.3 is 9.80 Å². The van der Waals surface area contributed by atoms with E-state index >= 15 is 0 Å². The summed E-state index contributed by atoms with van der Waals surface area (Å²) in [5.41, 5.74) is 0. The first-order chi connectivity index (χ1) is 13.2. The van der Waals surface area contributed by atoms with Gasteiger partial charge in [0.25, 0.3) is 0 Å². The highest BCUT2D eigenvalue weighted by Crippen LogP contribution is 2.24. The Bertz CT molecular complexity index is 350. The fourth-order valence-electron chi connectivity index (χ4n) is 4.40. The molecule has 0 aromatic carbocycles. The van der Waals surface area contributed by atoms with E-state index in [1.165, 1.54) is 109 Å². The van der Waals surface area contributed by atoms with Crippen LogP contribution in [0.5, 0.6) is 0 Å². The lowest BCUT2D eigenvalue weighted by atomic mass is 10.1. The van der Waals surface area contributed by atoms with Crippen LogP contribution in [0.1, 0.15) is 124 Å². The van der Waals surface area contributed by atoms with Crippen LogP contribution in [0, 0.1) is 5.92 Å². The van der Waals surface area contributed by atoms with Crippen LogP contribution in [0.15, 0.2) is 12.4 Å². The van der Waals surface area contributed by atoms with E-state index in [9.17, 15) is 0 Å². The molecule has 160 valence electrons. The average Bonchev–Trinajstić information content (AvgIpc) is 3.06. The van der Waals surface area contributed by atoms with Gasteiger partial charge in [-0.2, -0.15) is 0 Å². The summed E-state index contributed by atoms with van der Waals surface area (Å²) < 4.78 is 0. The molecule has 0 N–H and O–H groups in total. The molecule has 0 saturated carbocycles. The second kappa shape index (κ2) is 16.3. The first-order valence-electron chi connectivity index (χ1n) is 12.4. The molecule has 0 bridgehead atoms. The van der Waals surface area contributed by atoms with E-state index in [2.05, 4.69) is 49.9 Å². The molecular weight excluding hydrogens is 328 g/mol. The zero-order valence-electron chi connectivity index (χ0n) is 19.2. The molecule has 1 aliphatic rings. The van der Waals surface area contributed by atoms with Crippen LogP contribution in [0.3, 0.4) is 0 Å². The Balaban J connectivity index is 2.11. The van der Waals surface area contributed by atoms with Crippen LogP contribution in [-0.2, 0) is 0 Å². The first kappa shape index (κ1) is 24.4. The highest BCUT2D eigenvalue weighted by Gasteiger charge is 2.28. The number of unbranched alkanes of at least 4 members (excludes halogenated alkanes) is 13. The maximum absolute atomic E-state index is 2.61. The minimum atomic E-state index is 0.592. The SMILES string of the molecule is CCCCCCCCCCCCN1C=CN(CCCCCCC)C1C(C)C. The van der Waals surface area contributed by atoms with E-state index < -0.39 is 0 Å². The Labute approximate surface area is 171 Å². The van der Waals surface area contributed by atoms with E-state index in [0.29, 0.717) is 12.1 Å². The van der Waals surface area contributed by atoms with Gasteiger partial charge in [0.05, 0.1) is 0 Å². The summed E-state index contributed by atoms with van der Waals surface area (Å²) in [6.45, 7) is 11.8. The van der Waals surface area contributed by atoms with Gasteiger partial charge in [-0.3, -0.25) is 0 Å². The van der Waals surface area contributed by atoms with Crippen LogP contribution < -0.4 is 0 Å². The monoisotopic (exact) mass is 378 g/mol. The molecular formula is C25H50N2. The predicted octanol–water partition coefficient (Wildman–Crippen LogP) is 7.95. The van der Waals surface area contributed by atoms with Crippen molar-refractivity contribution in [2.45, 2.75) is 130 Å². The van der Waals surface area contributed by atoms with Gasteiger partial charge in [0.2, 0.25) is 0 Å². The van der Waals surface area contributed by atoms with Crippen molar-refractivity contribution >= 4 is 0 Å². The molecule has 1 rings (SSSR count). The molecule has 2 heteroatoms. The molecule has 27 heavy (non-hydrogen) atoms. The Hall–Kier alpha value is -0.660. The summed E-state index contributed by atoms with van der Waals surface area (Å²) in [5, 5.41) is 0. The van der Waals surface area contributed by atoms with Crippen molar-refractivity contribution in [1.82, 2.24) is 9.80 Å². The van der Waals surface area contributed by atoms with E-state index in [0.717, 1.165) is 0 Å². The summed E-state index contributed by atoms with van der Waals surface area (Å²) in [5.74, 6) is 0.693. The summed E-state index contributed by atoms with van der Waals surface area (Å²) in [4.78, 5) is 5.22. The second-order valence-electron chi connectivity index (χ2n) is 9.03. The zero-order valence-corrected chi connectivity index (χ0v) is 19.2. The summed E-state index contributed by atoms with van der Waals surface area (Å²) in [6, 6.07) is 0. The summed E-state index contributed by atoms with van der Waals surface area (Å²) in [6.07, 6.45) is 26.4. The third kappa shape index (κ3) is 11.1. The average molecular weight is 379 g/mol. The van der Waals surface area contributed by atoms with Gasteiger partial charge in [-0.1, -0.05) is 111 Å². The molecule has 0 spiro atoms. The smallest absolute Gasteiger partial charge is 0.103 e. The lowest BCUT2D eigenvalue weighted by Crippen LogP contribution is -2.43. The van der Waals surface area contributed by atoms with Crippen molar-refractivity contribution in [2.75, 3.05) is 13.1 Å². The summed E-state index contributed by atoms with van der Waals surface area (Å²) >= 11 is 0. The van der Waals surface area contributed by atoms with Crippen LogP contribution in [-0.4, -0.2) is 29.1 Å². The third-order valence-corrected chi connectivity index (χ3v) is 6.02. The van der Waals surface area contributed by atoms with Crippen LogP contribution in [0.4, 0.5) is 0 Å². The first-order valence-corrected chi connectivity index (χ1v) is 12.4. The van der Waals surface area contributed by atoms with Gasteiger partial charge in [0, 0.05) is 25.5 Å². The number of nitrogens with zero attached hydrogens (tertiary/aromatic N) is 2. The van der Waals surface area contributed by atoms with Gasteiger partial charge in [-0.15, -0.1) is 0 Å². The van der Waals surface area contributed by atoms with Crippen molar-refractivity contribution in [3.05, 3.63) is 12.4 Å². The van der Waals surface area contributed by atoms with Crippen molar-refractivity contribution in [2.24, 2.45) is 5.92 Å². The maximum atomic E-state index is 2.61. The number of hydrogen-bond donors (Lipinski definition) is 0. The van der Waals surface area contributed by atoms with Gasteiger partial charge >= 0.3 is 0 Å². The predicted molar refractivity (Wildman–Crippen MR) is 122 cm³/mol. The number of hydrogen-bond acceptors (Lipinski definition) is 2. The molecule has 0 aliphatic carbocycles. The standard InChI is InChI=1S/C25H50N2/c1-5-7-9-11-12-13-14-15-17-19-21-27-23-22-26(25(27)24(3)4)20-18-16-10-8-6-2/h22-25H,5-21H2,1-4H3. The zero-order chi connectivity index (χ0) is 19.7. The lowest BCUT2D eigenvalue weighted by Gasteiger charge is -2.36. The lowest BCUT2D eigenvalue weighted by molar-refractivity contribution is 0.104. The Morgan fingerprint density at radius 1 is 0.556 bits per heavy atom. The quantitative estimate of drug-likeness (QED) is 0.223. The van der Waals surface area contributed by atoms with Crippen LogP contribution >= 0.6 is 0 Å². The minimum absolute atomic E-state index is 0.592. The van der Waals surface area contributed by atoms with E-state index in [4.69, 9.17) is 0 Å². The molecule has 0 saturated heterocycles. The Morgan fingerprint density at radius 2 is 0.889 bits per heavy atom. The molecule has 0 aromatic rings. The summed E-state index contributed by atoms with van der Waals surface area (Å²) in [7, 11) is 0. The highest BCUT2D eigenvalue weighted by atomic mass is 15.4. The molecule has 0 radical (unpaired) electrons. The third-order valence-electron chi connectivity index (χ3n) is 6.02. The molecule has 1 atom stereocenters. The molecule has 1 unspecified atom stereocenters. The fraction of sp³-hybridized carbons (Fsp3) is 0.920. The van der Waals surface area contributed by atoms with Crippen LogP contribution in [0.25, 0.3) is 0 Å². The molecule has 0 aromatic heterocycles. The van der Waals surface area contributed by atoms with Crippen molar-refractivity contribution < 1.29 is 0 Å². The van der Waals surface area contributed by atoms with Crippen LogP contribution in [0.2, 0.25) is 0 Å². The van der Waals surface area contributed by atoms with Gasteiger partial charge in [-0.05, 0) is 18.8 Å².